The molecule has 0 fully saturated rings. The highest BCUT2D eigenvalue weighted by Crippen LogP contribution is 2.44. The predicted octanol–water partition coefficient (Wildman–Crippen LogP) is 13.0. The fraction of sp³-hybridized carbons (Fsp3) is 0. The Morgan fingerprint density at radius 2 is 0.797 bits per heavy atom. The van der Waals surface area contributed by atoms with E-state index >= 15 is 0 Å². The van der Waals surface area contributed by atoms with Crippen LogP contribution in [-0.4, -0.2) is 28.5 Å². The van der Waals surface area contributed by atoms with Crippen molar-refractivity contribution in [3.05, 3.63) is 206 Å². The molecule has 0 atom stereocenters. The summed E-state index contributed by atoms with van der Waals surface area (Å²) in [5, 5.41) is 4.92. The standard InChI is InChI=1S/C53H34N6/c1-3-16-35(17-4-1)50-54-51(36-18-5-2-6-19-36)56-52(55-50)37-29-31-39(32-30-37)59-46-27-12-9-24-43(46)49-48(47-28-13-14-33-57(47)53(49)59)38-20-15-21-40(34-38)58-44-25-10-7-22-41(44)42-23-8-11-26-45(42)58/h1-34H. The first kappa shape index (κ1) is 33.1. The molecule has 0 amide bonds. The van der Waals surface area contributed by atoms with Crippen molar-refractivity contribution in [3.8, 4) is 56.7 Å². The van der Waals surface area contributed by atoms with Gasteiger partial charge < -0.3 is 8.97 Å². The van der Waals surface area contributed by atoms with Gasteiger partial charge in [-0.3, -0.25) is 4.57 Å². The molecule has 0 unspecified atom stereocenters. The minimum absolute atomic E-state index is 0.630. The first-order valence-corrected chi connectivity index (χ1v) is 19.9. The quantitative estimate of drug-likeness (QED) is 0.170. The maximum atomic E-state index is 4.99. The van der Waals surface area contributed by atoms with Gasteiger partial charge in [-0.05, 0) is 72.3 Å². The molecule has 5 aromatic heterocycles. The molecule has 0 saturated carbocycles. The highest BCUT2D eigenvalue weighted by Gasteiger charge is 2.23. The van der Waals surface area contributed by atoms with Gasteiger partial charge in [-0.15, -0.1) is 0 Å². The number of nitrogens with zero attached hydrogens (tertiary/aromatic N) is 6. The van der Waals surface area contributed by atoms with Gasteiger partial charge in [0.15, 0.2) is 17.5 Å². The molecule has 7 aromatic carbocycles. The predicted molar refractivity (Wildman–Crippen MR) is 241 cm³/mol. The van der Waals surface area contributed by atoms with E-state index in [-0.39, 0.29) is 0 Å². The van der Waals surface area contributed by atoms with Crippen LogP contribution >= 0.6 is 0 Å². The Hall–Kier alpha value is -8.09. The topological polar surface area (TPSA) is 52.9 Å². The second-order valence-corrected chi connectivity index (χ2v) is 14.9. The first-order chi connectivity index (χ1) is 29.3. The Kier molecular flexibility index (Phi) is 7.43. The monoisotopic (exact) mass is 754 g/mol. The van der Waals surface area contributed by atoms with Gasteiger partial charge in [0.25, 0.3) is 0 Å². The summed E-state index contributed by atoms with van der Waals surface area (Å²) in [6.45, 7) is 0. The van der Waals surface area contributed by atoms with E-state index in [9.17, 15) is 0 Å². The van der Waals surface area contributed by atoms with Crippen LogP contribution in [0.5, 0.6) is 0 Å². The van der Waals surface area contributed by atoms with E-state index < -0.39 is 0 Å². The van der Waals surface area contributed by atoms with Crippen molar-refractivity contribution >= 4 is 49.3 Å². The summed E-state index contributed by atoms with van der Waals surface area (Å²) in [7, 11) is 0. The van der Waals surface area contributed by atoms with Crippen LogP contribution in [0.2, 0.25) is 0 Å². The molecule has 0 bridgehead atoms. The van der Waals surface area contributed by atoms with Gasteiger partial charge in [-0.25, -0.2) is 15.0 Å². The van der Waals surface area contributed by atoms with Crippen LogP contribution < -0.4 is 0 Å². The molecule has 0 saturated heterocycles. The Bertz CT molecular complexity index is 3420. The maximum Gasteiger partial charge on any atom is 0.164 e. The van der Waals surface area contributed by atoms with Gasteiger partial charge in [-0.1, -0.05) is 133 Å². The van der Waals surface area contributed by atoms with Crippen molar-refractivity contribution in [2.24, 2.45) is 0 Å². The number of fused-ring (bicyclic) bond motifs is 8. The Morgan fingerprint density at radius 1 is 0.322 bits per heavy atom. The molecule has 0 N–H and O–H groups in total. The van der Waals surface area contributed by atoms with Gasteiger partial charge in [-0.2, -0.15) is 0 Å². The number of hydrogen-bond donors (Lipinski definition) is 0. The molecular weight excluding hydrogens is 721 g/mol. The van der Waals surface area contributed by atoms with Crippen molar-refractivity contribution in [1.82, 2.24) is 28.5 Å². The molecule has 6 nitrogen and oxygen atoms in total. The Balaban J connectivity index is 1.04. The lowest BCUT2D eigenvalue weighted by Crippen LogP contribution is -2.01. The van der Waals surface area contributed by atoms with E-state index in [1.54, 1.807) is 0 Å². The highest BCUT2D eigenvalue weighted by molar-refractivity contribution is 6.20. The van der Waals surface area contributed by atoms with Crippen LogP contribution in [0.1, 0.15) is 0 Å². The first-order valence-electron chi connectivity index (χ1n) is 19.9. The van der Waals surface area contributed by atoms with Gasteiger partial charge in [0, 0.05) is 61.4 Å². The van der Waals surface area contributed by atoms with Crippen molar-refractivity contribution in [1.29, 1.82) is 0 Å². The van der Waals surface area contributed by atoms with Crippen LogP contribution in [0.3, 0.4) is 0 Å². The van der Waals surface area contributed by atoms with Crippen molar-refractivity contribution < 1.29 is 0 Å². The minimum atomic E-state index is 0.630. The van der Waals surface area contributed by atoms with Gasteiger partial charge >= 0.3 is 0 Å². The van der Waals surface area contributed by atoms with Crippen LogP contribution in [-0.2, 0) is 0 Å². The maximum absolute atomic E-state index is 4.99. The Morgan fingerprint density at radius 3 is 1.41 bits per heavy atom. The SMILES string of the molecule is c1ccc(-c2nc(-c3ccccc3)nc(-c3ccc(-n4c5ccccc5c5c(-c6cccc(-n7c8ccccc8c8ccccc87)c6)c6ccccn6c54)cc3)n2)cc1. The summed E-state index contributed by atoms with van der Waals surface area (Å²) in [5.41, 5.74) is 13.2. The fourth-order valence-electron chi connectivity index (χ4n) is 8.91. The third kappa shape index (κ3) is 5.24. The lowest BCUT2D eigenvalue weighted by Gasteiger charge is -2.11. The van der Waals surface area contributed by atoms with E-state index in [1.807, 2.05) is 60.7 Å². The second kappa shape index (κ2) is 13.3. The molecule has 12 aromatic rings. The van der Waals surface area contributed by atoms with E-state index in [2.05, 4.69) is 159 Å². The summed E-state index contributed by atoms with van der Waals surface area (Å²) in [4.78, 5) is 14.9. The van der Waals surface area contributed by atoms with Gasteiger partial charge in [0.2, 0.25) is 0 Å². The highest BCUT2D eigenvalue weighted by atomic mass is 15.1. The molecule has 276 valence electrons. The zero-order valence-electron chi connectivity index (χ0n) is 31.8. The molecule has 0 aliphatic rings. The summed E-state index contributed by atoms with van der Waals surface area (Å²) in [5.74, 6) is 1.92. The lowest BCUT2D eigenvalue weighted by atomic mass is 10.0. The second-order valence-electron chi connectivity index (χ2n) is 14.9. The smallest absolute Gasteiger partial charge is 0.164 e. The molecule has 0 spiro atoms. The zero-order valence-corrected chi connectivity index (χ0v) is 31.8. The van der Waals surface area contributed by atoms with Crippen molar-refractivity contribution in [2.75, 3.05) is 0 Å². The zero-order chi connectivity index (χ0) is 38.9. The summed E-state index contributed by atoms with van der Waals surface area (Å²) in [6, 6.07) is 70.5. The van der Waals surface area contributed by atoms with E-state index in [0.717, 1.165) is 44.7 Å². The third-order valence-electron chi connectivity index (χ3n) is 11.5. The third-order valence-corrected chi connectivity index (χ3v) is 11.5. The normalized spacial score (nSPS) is 11.7. The minimum Gasteiger partial charge on any atom is -0.309 e. The fourth-order valence-corrected chi connectivity index (χ4v) is 8.91. The number of para-hydroxylation sites is 3. The van der Waals surface area contributed by atoms with Crippen LogP contribution in [0.25, 0.3) is 106 Å². The molecule has 5 heterocycles. The molecule has 0 radical (unpaired) electrons. The molecule has 0 aliphatic heterocycles. The largest absolute Gasteiger partial charge is 0.309 e. The van der Waals surface area contributed by atoms with Crippen LogP contribution in [0.4, 0.5) is 0 Å². The lowest BCUT2D eigenvalue weighted by molar-refractivity contribution is 1.07. The number of pyridine rings is 1. The molecule has 6 heteroatoms. The molecule has 59 heavy (non-hydrogen) atoms. The molecular formula is C53H34N6. The summed E-state index contributed by atoms with van der Waals surface area (Å²) in [6.07, 6.45) is 2.18. The molecule has 12 rings (SSSR count). The van der Waals surface area contributed by atoms with Crippen molar-refractivity contribution in [2.45, 2.75) is 0 Å². The number of aromatic nitrogens is 6. The number of hydrogen-bond acceptors (Lipinski definition) is 3. The van der Waals surface area contributed by atoms with E-state index in [0.29, 0.717) is 17.5 Å². The van der Waals surface area contributed by atoms with Crippen LogP contribution in [0, 0.1) is 0 Å². The average molecular weight is 755 g/mol. The number of benzene rings is 7. The average Bonchev–Trinajstić information content (AvgIpc) is 3.95. The summed E-state index contributed by atoms with van der Waals surface area (Å²) < 4.78 is 7.13. The summed E-state index contributed by atoms with van der Waals surface area (Å²) >= 11 is 0. The Labute approximate surface area is 339 Å². The van der Waals surface area contributed by atoms with Gasteiger partial charge in [0.1, 0.15) is 5.65 Å². The van der Waals surface area contributed by atoms with Crippen LogP contribution in [0.15, 0.2) is 206 Å². The number of rotatable bonds is 6. The van der Waals surface area contributed by atoms with E-state index in [4.69, 9.17) is 15.0 Å². The van der Waals surface area contributed by atoms with E-state index in [1.165, 1.54) is 43.7 Å². The van der Waals surface area contributed by atoms with Crippen molar-refractivity contribution in [3.63, 3.8) is 0 Å². The van der Waals surface area contributed by atoms with Gasteiger partial charge in [0.05, 0.1) is 22.1 Å². The molecule has 0 aliphatic carbocycles.